The van der Waals surface area contributed by atoms with E-state index >= 15 is 0 Å². The van der Waals surface area contributed by atoms with Crippen LogP contribution in [-0.2, 0) is 4.79 Å². The Kier molecular flexibility index (Phi) is 4.85. The number of piperidine rings is 1. The predicted molar refractivity (Wildman–Crippen MR) is 112 cm³/mol. The third-order valence-electron chi connectivity index (χ3n) is 5.84. The molecule has 0 saturated carbocycles. The number of likely N-dealkylation sites (tertiary alicyclic amines) is 1. The molecule has 0 radical (unpaired) electrons. The molecule has 31 heavy (non-hydrogen) atoms. The number of aromatic nitrogens is 2. The van der Waals surface area contributed by atoms with Crippen molar-refractivity contribution in [3.63, 3.8) is 0 Å². The van der Waals surface area contributed by atoms with Crippen molar-refractivity contribution in [1.82, 2.24) is 19.8 Å². The van der Waals surface area contributed by atoms with Crippen molar-refractivity contribution in [2.24, 2.45) is 0 Å². The molecule has 2 aromatic carbocycles. The molecule has 1 saturated heterocycles. The molecule has 2 N–H and O–H groups in total. The summed E-state index contributed by atoms with van der Waals surface area (Å²) in [5.74, 6) is 0.643. The largest absolute Gasteiger partial charge is 0.454 e. The first-order valence-corrected chi connectivity index (χ1v) is 10.2. The van der Waals surface area contributed by atoms with E-state index in [1.807, 2.05) is 24.3 Å². The molecule has 1 aromatic heterocycles. The first-order chi connectivity index (χ1) is 15.1. The molecule has 160 valence electrons. The number of aromatic amines is 1. The Hall–Kier alpha value is -3.75. The Labute approximate surface area is 177 Å². The summed E-state index contributed by atoms with van der Waals surface area (Å²) in [6.45, 7) is 1.13. The average Bonchev–Trinajstić information content (AvgIpc) is 3.40. The molecular weight excluding hydrogens is 400 g/mol. The number of benzene rings is 2. The van der Waals surface area contributed by atoms with Gasteiger partial charge in [0.2, 0.25) is 12.7 Å². The van der Waals surface area contributed by atoms with Gasteiger partial charge in [0.1, 0.15) is 0 Å². The maximum absolute atomic E-state index is 12.6. The summed E-state index contributed by atoms with van der Waals surface area (Å²) in [5, 5.41) is 2.67. The van der Waals surface area contributed by atoms with Gasteiger partial charge < -0.3 is 24.7 Å². The number of amides is 2. The van der Waals surface area contributed by atoms with Crippen LogP contribution in [0.2, 0.25) is 0 Å². The summed E-state index contributed by atoms with van der Waals surface area (Å²) in [7, 11) is 0. The zero-order valence-electron chi connectivity index (χ0n) is 16.8. The van der Waals surface area contributed by atoms with Gasteiger partial charge in [-0.05, 0) is 43.2 Å². The standard InChI is InChI=1S/C22H22N4O5/c27-20(12-23-21(28)14-5-6-18-19(11-14)31-13-30-18)25-9-7-15(8-10-25)26-17-4-2-1-3-16(17)24-22(26)29/h1-6,11,15H,7-10,12-13H2,(H,23,28)(H,24,29). The molecule has 3 aromatic rings. The number of imidazole rings is 1. The summed E-state index contributed by atoms with van der Waals surface area (Å²) in [6.07, 6.45) is 1.37. The van der Waals surface area contributed by atoms with Gasteiger partial charge in [0.15, 0.2) is 11.5 Å². The van der Waals surface area contributed by atoms with Crippen molar-refractivity contribution < 1.29 is 19.1 Å². The van der Waals surface area contributed by atoms with Crippen molar-refractivity contribution in [2.45, 2.75) is 18.9 Å². The van der Waals surface area contributed by atoms with E-state index in [0.717, 1.165) is 11.0 Å². The van der Waals surface area contributed by atoms with Gasteiger partial charge in [-0.2, -0.15) is 0 Å². The highest BCUT2D eigenvalue weighted by atomic mass is 16.7. The molecule has 2 aliphatic rings. The van der Waals surface area contributed by atoms with E-state index in [1.165, 1.54) is 0 Å². The Morgan fingerprint density at radius 3 is 2.68 bits per heavy atom. The second kappa shape index (κ2) is 7.82. The minimum absolute atomic E-state index is 0.0379. The Morgan fingerprint density at radius 1 is 1.06 bits per heavy atom. The molecule has 1 fully saturated rings. The average molecular weight is 422 g/mol. The van der Waals surface area contributed by atoms with Gasteiger partial charge in [-0.1, -0.05) is 12.1 Å². The summed E-state index contributed by atoms with van der Waals surface area (Å²) < 4.78 is 12.3. The van der Waals surface area contributed by atoms with Crippen molar-refractivity contribution in [3.05, 3.63) is 58.5 Å². The zero-order valence-corrected chi connectivity index (χ0v) is 16.8. The summed E-state index contributed by atoms with van der Waals surface area (Å²) in [6, 6.07) is 12.6. The lowest BCUT2D eigenvalue weighted by Gasteiger charge is -2.32. The molecule has 3 heterocycles. The number of hydrogen-bond acceptors (Lipinski definition) is 5. The fourth-order valence-electron chi connectivity index (χ4n) is 4.22. The third kappa shape index (κ3) is 3.63. The van der Waals surface area contributed by atoms with Crippen LogP contribution in [0.25, 0.3) is 11.0 Å². The van der Waals surface area contributed by atoms with E-state index in [1.54, 1.807) is 27.7 Å². The van der Waals surface area contributed by atoms with Crippen LogP contribution in [0.5, 0.6) is 11.5 Å². The van der Waals surface area contributed by atoms with Crippen molar-refractivity contribution in [3.8, 4) is 11.5 Å². The van der Waals surface area contributed by atoms with Crippen LogP contribution in [-0.4, -0.2) is 52.7 Å². The number of fused-ring (bicyclic) bond motifs is 2. The smallest absolute Gasteiger partial charge is 0.326 e. The first kappa shape index (κ1) is 19.2. The number of ether oxygens (including phenoxy) is 2. The number of carbonyl (C=O) groups is 2. The van der Waals surface area contributed by atoms with Crippen LogP contribution in [0.1, 0.15) is 29.2 Å². The minimum atomic E-state index is -0.341. The fourth-order valence-corrected chi connectivity index (χ4v) is 4.22. The van der Waals surface area contributed by atoms with Gasteiger partial charge >= 0.3 is 5.69 Å². The molecule has 2 aliphatic heterocycles. The van der Waals surface area contributed by atoms with Crippen LogP contribution in [0.3, 0.4) is 0 Å². The molecule has 9 heteroatoms. The summed E-state index contributed by atoms with van der Waals surface area (Å²) >= 11 is 0. The quantitative estimate of drug-likeness (QED) is 0.665. The lowest BCUT2D eigenvalue weighted by Crippen LogP contribution is -2.45. The highest BCUT2D eigenvalue weighted by molar-refractivity contribution is 5.97. The van der Waals surface area contributed by atoms with Gasteiger partial charge in [0.25, 0.3) is 5.91 Å². The lowest BCUT2D eigenvalue weighted by molar-refractivity contribution is -0.131. The molecule has 0 unspecified atom stereocenters. The number of hydrogen-bond donors (Lipinski definition) is 2. The van der Waals surface area contributed by atoms with Crippen molar-refractivity contribution >= 4 is 22.8 Å². The number of nitrogens with one attached hydrogen (secondary N) is 2. The number of H-pyrrole nitrogens is 1. The molecule has 0 bridgehead atoms. The first-order valence-electron chi connectivity index (χ1n) is 10.2. The minimum Gasteiger partial charge on any atom is -0.454 e. The molecule has 2 amide bonds. The predicted octanol–water partition coefficient (Wildman–Crippen LogP) is 1.65. The van der Waals surface area contributed by atoms with Crippen molar-refractivity contribution in [2.75, 3.05) is 26.4 Å². The van der Waals surface area contributed by atoms with E-state index in [9.17, 15) is 14.4 Å². The van der Waals surface area contributed by atoms with E-state index in [-0.39, 0.29) is 36.9 Å². The fraction of sp³-hybridized carbons (Fsp3) is 0.318. The normalized spacial score (nSPS) is 15.9. The van der Waals surface area contributed by atoms with Crippen LogP contribution in [0, 0.1) is 0 Å². The molecule has 9 nitrogen and oxygen atoms in total. The Bertz CT molecular complexity index is 1210. The third-order valence-corrected chi connectivity index (χ3v) is 5.84. The van der Waals surface area contributed by atoms with E-state index in [2.05, 4.69) is 10.3 Å². The van der Waals surface area contributed by atoms with Gasteiger partial charge in [0, 0.05) is 24.7 Å². The number of rotatable bonds is 4. The van der Waals surface area contributed by atoms with Gasteiger partial charge in [0.05, 0.1) is 17.6 Å². The second-order valence-corrected chi connectivity index (χ2v) is 7.68. The summed E-state index contributed by atoms with van der Waals surface area (Å²) in [4.78, 5) is 42.0. The van der Waals surface area contributed by atoms with Gasteiger partial charge in [-0.25, -0.2) is 4.79 Å². The molecule has 0 aliphatic carbocycles. The molecule has 0 spiro atoms. The van der Waals surface area contributed by atoms with Crippen LogP contribution in [0.4, 0.5) is 0 Å². The maximum atomic E-state index is 12.6. The number of para-hydroxylation sites is 2. The van der Waals surface area contributed by atoms with E-state index in [0.29, 0.717) is 43.0 Å². The number of nitrogens with zero attached hydrogens (tertiary/aromatic N) is 2. The Balaban J connectivity index is 1.17. The highest BCUT2D eigenvalue weighted by Gasteiger charge is 2.26. The van der Waals surface area contributed by atoms with Crippen LogP contribution in [0.15, 0.2) is 47.3 Å². The second-order valence-electron chi connectivity index (χ2n) is 7.68. The molecule has 0 atom stereocenters. The molecular formula is C22H22N4O5. The van der Waals surface area contributed by atoms with Crippen LogP contribution < -0.4 is 20.5 Å². The Morgan fingerprint density at radius 2 is 1.84 bits per heavy atom. The lowest BCUT2D eigenvalue weighted by atomic mass is 10.0. The van der Waals surface area contributed by atoms with Crippen molar-refractivity contribution in [1.29, 1.82) is 0 Å². The van der Waals surface area contributed by atoms with E-state index < -0.39 is 0 Å². The summed E-state index contributed by atoms with van der Waals surface area (Å²) in [5.41, 5.74) is 1.99. The number of carbonyl (C=O) groups excluding carboxylic acids is 2. The van der Waals surface area contributed by atoms with Gasteiger partial charge in [-0.15, -0.1) is 0 Å². The SMILES string of the molecule is O=C(NCC(=O)N1CCC(n2c(=O)[nH]c3ccccc32)CC1)c1ccc2c(c1)OCO2. The van der Waals surface area contributed by atoms with E-state index in [4.69, 9.17) is 9.47 Å². The molecule has 5 rings (SSSR count). The topological polar surface area (TPSA) is 106 Å². The van der Waals surface area contributed by atoms with Gasteiger partial charge in [-0.3, -0.25) is 14.2 Å². The zero-order chi connectivity index (χ0) is 21.4. The monoisotopic (exact) mass is 422 g/mol. The maximum Gasteiger partial charge on any atom is 0.326 e. The van der Waals surface area contributed by atoms with Crippen LogP contribution >= 0.6 is 0 Å². The highest BCUT2D eigenvalue weighted by Crippen LogP contribution is 2.32.